The van der Waals surface area contributed by atoms with E-state index in [0.717, 1.165) is 25.1 Å². The fraction of sp³-hybridized carbons (Fsp3) is 0.500. The summed E-state index contributed by atoms with van der Waals surface area (Å²) in [6.07, 6.45) is 2.65. The molecule has 1 saturated heterocycles. The van der Waals surface area contributed by atoms with Gasteiger partial charge in [-0.2, -0.15) is 4.98 Å². The van der Waals surface area contributed by atoms with Crippen molar-refractivity contribution in [1.29, 1.82) is 0 Å². The van der Waals surface area contributed by atoms with Gasteiger partial charge in [0.05, 0.1) is 10.6 Å². The quantitative estimate of drug-likeness (QED) is 0.829. The van der Waals surface area contributed by atoms with Crippen molar-refractivity contribution in [3.05, 3.63) is 46.6 Å². The van der Waals surface area contributed by atoms with Gasteiger partial charge in [-0.1, -0.05) is 42.7 Å². The number of nitrogens with zero attached hydrogens (tertiary/aromatic N) is 3. The molecule has 1 atom stereocenters. The standard InChI is InChI=1S/C18H22ClN3O2/c1-3-12(2)16-20-17(24-21-16)13-8-10-22(11-9-13)18(23)14-6-4-5-7-15(14)19/h4-7,12-13H,3,8-11H2,1-2H3/t12-/m1/s1. The normalized spacial score (nSPS) is 17.0. The third kappa shape index (κ3) is 3.46. The number of rotatable bonds is 4. The summed E-state index contributed by atoms with van der Waals surface area (Å²) in [6.45, 7) is 5.56. The molecule has 1 aromatic heterocycles. The van der Waals surface area contributed by atoms with Gasteiger partial charge in [-0.15, -0.1) is 0 Å². The summed E-state index contributed by atoms with van der Waals surface area (Å²) < 4.78 is 5.44. The summed E-state index contributed by atoms with van der Waals surface area (Å²) in [5, 5.41) is 4.59. The molecule has 1 aromatic carbocycles. The Labute approximate surface area is 147 Å². The molecule has 0 unspecified atom stereocenters. The second-order valence-electron chi connectivity index (χ2n) is 6.35. The molecule has 2 aromatic rings. The van der Waals surface area contributed by atoms with E-state index in [1.165, 1.54) is 0 Å². The molecule has 3 rings (SSSR count). The van der Waals surface area contributed by atoms with E-state index >= 15 is 0 Å². The lowest BCUT2D eigenvalue weighted by Gasteiger charge is -2.30. The van der Waals surface area contributed by atoms with E-state index in [1.54, 1.807) is 12.1 Å². The second-order valence-corrected chi connectivity index (χ2v) is 6.75. The number of carbonyl (C=O) groups excluding carboxylic acids is 1. The first kappa shape index (κ1) is 17.0. The van der Waals surface area contributed by atoms with Crippen LogP contribution in [-0.2, 0) is 0 Å². The Bertz CT molecular complexity index is 708. The number of carbonyl (C=O) groups is 1. The van der Waals surface area contributed by atoms with Crippen molar-refractivity contribution in [2.45, 2.75) is 44.9 Å². The highest BCUT2D eigenvalue weighted by atomic mass is 35.5. The summed E-state index contributed by atoms with van der Waals surface area (Å²) in [6, 6.07) is 7.18. The zero-order chi connectivity index (χ0) is 17.1. The van der Waals surface area contributed by atoms with Crippen LogP contribution in [-0.4, -0.2) is 34.0 Å². The summed E-state index contributed by atoms with van der Waals surface area (Å²) in [7, 11) is 0. The first-order chi connectivity index (χ1) is 11.6. The number of benzene rings is 1. The zero-order valence-corrected chi connectivity index (χ0v) is 14.8. The number of aromatic nitrogens is 2. The van der Waals surface area contributed by atoms with Gasteiger partial charge < -0.3 is 9.42 Å². The number of hydrogen-bond acceptors (Lipinski definition) is 4. The highest BCUT2D eigenvalue weighted by Gasteiger charge is 2.29. The third-order valence-corrected chi connectivity index (χ3v) is 5.08. The smallest absolute Gasteiger partial charge is 0.255 e. The summed E-state index contributed by atoms with van der Waals surface area (Å²) in [5.74, 6) is 2.01. The van der Waals surface area contributed by atoms with E-state index in [9.17, 15) is 4.79 Å². The number of hydrogen-bond donors (Lipinski definition) is 0. The molecule has 6 heteroatoms. The average Bonchev–Trinajstić information content (AvgIpc) is 3.11. The van der Waals surface area contributed by atoms with Crippen molar-refractivity contribution >= 4 is 17.5 Å². The second kappa shape index (κ2) is 7.34. The van der Waals surface area contributed by atoms with Gasteiger partial charge >= 0.3 is 0 Å². The Balaban J connectivity index is 1.62. The molecular weight excluding hydrogens is 326 g/mol. The fourth-order valence-corrected chi connectivity index (χ4v) is 3.15. The third-order valence-electron chi connectivity index (χ3n) is 4.75. The molecule has 1 amide bonds. The molecule has 1 aliphatic heterocycles. The van der Waals surface area contributed by atoms with Gasteiger partial charge in [-0.05, 0) is 31.4 Å². The molecule has 0 aliphatic carbocycles. The van der Waals surface area contributed by atoms with Crippen LogP contribution in [0.25, 0.3) is 0 Å². The highest BCUT2D eigenvalue weighted by molar-refractivity contribution is 6.33. The lowest BCUT2D eigenvalue weighted by molar-refractivity contribution is 0.0704. The van der Waals surface area contributed by atoms with Crippen molar-refractivity contribution in [3.8, 4) is 0 Å². The largest absolute Gasteiger partial charge is 0.339 e. The van der Waals surface area contributed by atoms with Crippen LogP contribution < -0.4 is 0 Å². The Morgan fingerprint density at radius 1 is 1.38 bits per heavy atom. The zero-order valence-electron chi connectivity index (χ0n) is 14.0. The molecule has 1 fully saturated rings. The minimum Gasteiger partial charge on any atom is -0.339 e. The molecule has 5 nitrogen and oxygen atoms in total. The first-order valence-electron chi connectivity index (χ1n) is 8.47. The van der Waals surface area contributed by atoms with Crippen LogP contribution >= 0.6 is 11.6 Å². The van der Waals surface area contributed by atoms with Crippen LogP contribution in [0.5, 0.6) is 0 Å². The maximum atomic E-state index is 12.6. The van der Waals surface area contributed by atoms with E-state index in [-0.39, 0.29) is 11.8 Å². The minimum atomic E-state index is -0.00938. The van der Waals surface area contributed by atoms with Crippen LogP contribution in [0, 0.1) is 0 Å². The molecule has 0 saturated carbocycles. The maximum absolute atomic E-state index is 12.6. The van der Waals surface area contributed by atoms with Crippen LogP contribution in [0.3, 0.4) is 0 Å². The van der Waals surface area contributed by atoms with Crippen LogP contribution in [0.15, 0.2) is 28.8 Å². The molecule has 2 heterocycles. The SMILES string of the molecule is CC[C@@H](C)c1noc(C2CCN(C(=O)c3ccccc3Cl)CC2)n1. The molecule has 0 radical (unpaired) electrons. The molecule has 0 N–H and O–H groups in total. The van der Waals surface area contributed by atoms with Gasteiger partial charge in [0, 0.05) is 24.9 Å². The molecule has 0 spiro atoms. The van der Waals surface area contributed by atoms with Crippen molar-refractivity contribution in [2.75, 3.05) is 13.1 Å². The van der Waals surface area contributed by atoms with Crippen molar-refractivity contribution < 1.29 is 9.32 Å². The van der Waals surface area contributed by atoms with Crippen LogP contribution in [0.4, 0.5) is 0 Å². The predicted octanol–water partition coefficient (Wildman–Crippen LogP) is 4.26. The van der Waals surface area contributed by atoms with Crippen LogP contribution in [0.2, 0.25) is 5.02 Å². The maximum Gasteiger partial charge on any atom is 0.255 e. The molecule has 24 heavy (non-hydrogen) atoms. The Morgan fingerprint density at radius 2 is 2.08 bits per heavy atom. The summed E-state index contributed by atoms with van der Waals surface area (Å²) >= 11 is 6.13. The number of halogens is 1. The number of amides is 1. The van der Waals surface area contributed by atoms with Crippen molar-refractivity contribution in [1.82, 2.24) is 15.0 Å². The Hall–Kier alpha value is -1.88. The topological polar surface area (TPSA) is 59.2 Å². The average molecular weight is 348 g/mol. The van der Waals surface area contributed by atoms with E-state index in [1.807, 2.05) is 17.0 Å². The van der Waals surface area contributed by atoms with Gasteiger partial charge in [-0.3, -0.25) is 4.79 Å². The van der Waals surface area contributed by atoms with Crippen molar-refractivity contribution in [2.24, 2.45) is 0 Å². The number of piperidine rings is 1. The lowest BCUT2D eigenvalue weighted by atomic mass is 9.96. The minimum absolute atomic E-state index is 0.00938. The molecule has 0 bridgehead atoms. The molecule has 128 valence electrons. The highest BCUT2D eigenvalue weighted by Crippen LogP contribution is 2.29. The van der Waals surface area contributed by atoms with Gasteiger partial charge in [0.1, 0.15) is 0 Å². The van der Waals surface area contributed by atoms with Gasteiger partial charge in [0.2, 0.25) is 5.89 Å². The van der Waals surface area contributed by atoms with Crippen LogP contribution in [0.1, 0.15) is 67.0 Å². The van der Waals surface area contributed by atoms with Gasteiger partial charge in [0.15, 0.2) is 5.82 Å². The van der Waals surface area contributed by atoms with Gasteiger partial charge in [-0.25, -0.2) is 0 Å². The fourth-order valence-electron chi connectivity index (χ4n) is 2.93. The monoisotopic (exact) mass is 347 g/mol. The summed E-state index contributed by atoms with van der Waals surface area (Å²) in [4.78, 5) is 19.0. The van der Waals surface area contributed by atoms with Gasteiger partial charge in [0.25, 0.3) is 5.91 Å². The summed E-state index contributed by atoms with van der Waals surface area (Å²) in [5.41, 5.74) is 0.564. The van der Waals surface area contributed by atoms with E-state index < -0.39 is 0 Å². The van der Waals surface area contributed by atoms with E-state index in [4.69, 9.17) is 16.1 Å². The first-order valence-corrected chi connectivity index (χ1v) is 8.85. The molecular formula is C18H22ClN3O2. The Morgan fingerprint density at radius 3 is 2.75 bits per heavy atom. The number of likely N-dealkylation sites (tertiary alicyclic amines) is 1. The molecule has 1 aliphatic rings. The Kier molecular flexibility index (Phi) is 5.19. The predicted molar refractivity (Wildman–Crippen MR) is 92.3 cm³/mol. The van der Waals surface area contributed by atoms with E-state index in [0.29, 0.717) is 35.5 Å². The lowest BCUT2D eigenvalue weighted by Crippen LogP contribution is -2.38. The van der Waals surface area contributed by atoms with E-state index in [2.05, 4.69) is 24.0 Å². The van der Waals surface area contributed by atoms with Crippen molar-refractivity contribution in [3.63, 3.8) is 0 Å².